The van der Waals surface area contributed by atoms with E-state index in [1.807, 2.05) is 6.07 Å². The summed E-state index contributed by atoms with van der Waals surface area (Å²) in [5, 5.41) is 11.4. The molecule has 5 heteroatoms. The predicted molar refractivity (Wildman–Crippen MR) is 56.9 cm³/mol. The molecule has 0 heterocycles. The molecule has 5 nitrogen and oxygen atoms in total. The number of hydrogen-bond donors (Lipinski definition) is 1. The summed E-state index contributed by atoms with van der Waals surface area (Å²) in [5.74, 6) is -0.345. The second kappa shape index (κ2) is 7.83. The number of hydrogen-bond acceptors (Lipinski definition) is 4. The lowest BCUT2D eigenvalue weighted by Gasteiger charge is -2.07. The number of methoxy groups -OCH3 is 1. The third-order valence-corrected chi connectivity index (χ3v) is 1.56. The van der Waals surface area contributed by atoms with Crippen molar-refractivity contribution in [3.8, 4) is 6.07 Å². The molecule has 15 heavy (non-hydrogen) atoms. The van der Waals surface area contributed by atoms with Crippen LogP contribution in [0.15, 0.2) is 11.8 Å². The molecule has 0 saturated carbocycles. The zero-order valence-corrected chi connectivity index (χ0v) is 9.41. The van der Waals surface area contributed by atoms with Crippen LogP contribution in [0, 0.1) is 11.3 Å². The highest BCUT2D eigenvalue weighted by atomic mass is 16.5. The van der Waals surface area contributed by atoms with E-state index in [0.29, 0.717) is 13.2 Å². The number of amides is 1. The largest absolute Gasteiger partial charge is 0.385 e. The Morgan fingerprint density at radius 1 is 1.60 bits per heavy atom. The van der Waals surface area contributed by atoms with Gasteiger partial charge < -0.3 is 15.0 Å². The van der Waals surface area contributed by atoms with Crippen molar-refractivity contribution < 1.29 is 9.53 Å². The molecule has 0 rings (SSSR count). The fourth-order valence-electron chi connectivity index (χ4n) is 0.910. The molecule has 84 valence electrons. The van der Waals surface area contributed by atoms with E-state index in [1.54, 1.807) is 26.1 Å². The fraction of sp³-hybridized carbons (Fsp3) is 0.600. The van der Waals surface area contributed by atoms with Crippen molar-refractivity contribution in [2.45, 2.75) is 6.42 Å². The smallest absolute Gasteiger partial charge is 0.263 e. The van der Waals surface area contributed by atoms with Crippen molar-refractivity contribution in [1.82, 2.24) is 10.2 Å². The van der Waals surface area contributed by atoms with Gasteiger partial charge in [-0.3, -0.25) is 4.79 Å². The van der Waals surface area contributed by atoms with E-state index in [-0.39, 0.29) is 11.5 Å². The molecule has 0 unspecified atom stereocenters. The van der Waals surface area contributed by atoms with E-state index in [2.05, 4.69) is 5.32 Å². The Hall–Kier alpha value is -1.54. The molecule has 0 atom stereocenters. The summed E-state index contributed by atoms with van der Waals surface area (Å²) < 4.78 is 4.84. The maximum atomic E-state index is 11.4. The van der Waals surface area contributed by atoms with Crippen LogP contribution in [-0.4, -0.2) is 45.2 Å². The van der Waals surface area contributed by atoms with Crippen molar-refractivity contribution in [2.24, 2.45) is 0 Å². The van der Waals surface area contributed by atoms with Crippen LogP contribution in [0.4, 0.5) is 0 Å². The number of nitrogens with one attached hydrogen (secondary N) is 1. The van der Waals surface area contributed by atoms with Crippen molar-refractivity contribution in [3.63, 3.8) is 0 Å². The molecule has 0 bridgehead atoms. The maximum Gasteiger partial charge on any atom is 0.263 e. The summed E-state index contributed by atoms with van der Waals surface area (Å²) >= 11 is 0. The highest BCUT2D eigenvalue weighted by molar-refractivity contribution is 5.97. The van der Waals surface area contributed by atoms with Crippen LogP contribution in [0.25, 0.3) is 0 Å². The molecule has 0 aliphatic rings. The van der Waals surface area contributed by atoms with Crippen LogP contribution in [0.2, 0.25) is 0 Å². The number of carbonyl (C=O) groups excluding carboxylic acids is 1. The van der Waals surface area contributed by atoms with Gasteiger partial charge >= 0.3 is 0 Å². The molecule has 0 aromatic carbocycles. The summed E-state index contributed by atoms with van der Waals surface area (Å²) in [4.78, 5) is 13.1. The molecule has 0 saturated heterocycles. The number of carbonyl (C=O) groups is 1. The van der Waals surface area contributed by atoms with Crippen molar-refractivity contribution in [2.75, 3.05) is 34.4 Å². The molecule has 0 fully saturated rings. The zero-order valence-electron chi connectivity index (χ0n) is 9.41. The van der Waals surface area contributed by atoms with E-state index in [0.717, 1.165) is 6.42 Å². The molecule has 1 N–H and O–H groups in total. The van der Waals surface area contributed by atoms with Crippen LogP contribution in [0.3, 0.4) is 0 Å². The molecule has 0 aliphatic carbocycles. The lowest BCUT2D eigenvalue weighted by atomic mass is 10.3. The zero-order chi connectivity index (χ0) is 11.7. The first-order valence-corrected chi connectivity index (χ1v) is 4.67. The summed E-state index contributed by atoms with van der Waals surface area (Å²) in [7, 11) is 5.12. The minimum Gasteiger partial charge on any atom is -0.385 e. The van der Waals surface area contributed by atoms with Gasteiger partial charge in [-0.15, -0.1) is 0 Å². The van der Waals surface area contributed by atoms with Crippen LogP contribution in [0.5, 0.6) is 0 Å². The van der Waals surface area contributed by atoms with Gasteiger partial charge in [-0.1, -0.05) is 0 Å². The molecule has 0 aromatic rings. The molecule has 0 aromatic heterocycles. The third-order valence-electron chi connectivity index (χ3n) is 1.56. The monoisotopic (exact) mass is 211 g/mol. The van der Waals surface area contributed by atoms with Gasteiger partial charge in [0.25, 0.3) is 5.91 Å². The number of ether oxygens (including phenoxy) is 1. The highest BCUT2D eigenvalue weighted by Crippen LogP contribution is 1.94. The fourth-order valence-corrected chi connectivity index (χ4v) is 0.910. The molecular formula is C10H17N3O2. The van der Waals surface area contributed by atoms with Crippen LogP contribution >= 0.6 is 0 Å². The first-order valence-electron chi connectivity index (χ1n) is 4.67. The standard InChI is InChI=1S/C10H17N3O2/c1-13(2)8-9(7-11)10(14)12-5-4-6-15-3/h8H,4-6H2,1-3H3,(H,12,14)/b9-8-. The normalized spacial score (nSPS) is 10.7. The first kappa shape index (κ1) is 13.5. The second-order valence-electron chi connectivity index (χ2n) is 3.22. The Morgan fingerprint density at radius 3 is 2.73 bits per heavy atom. The number of nitrogens with zero attached hydrogens (tertiary/aromatic N) is 2. The van der Waals surface area contributed by atoms with E-state index < -0.39 is 0 Å². The minimum atomic E-state index is -0.345. The topological polar surface area (TPSA) is 65.4 Å². The minimum absolute atomic E-state index is 0.109. The number of rotatable bonds is 6. The van der Waals surface area contributed by atoms with Crippen LogP contribution < -0.4 is 5.32 Å². The summed E-state index contributed by atoms with van der Waals surface area (Å²) in [6.07, 6.45) is 2.23. The lowest BCUT2D eigenvalue weighted by Crippen LogP contribution is -2.27. The lowest BCUT2D eigenvalue weighted by molar-refractivity contribution is -0.117. The van der Waals surface area contributed by atoms with Gasteiger partial charge in [0, 0.05) is 40.6 Å². The molecule has 1 amide bonds. The Kier molecular flexibility index (Phi) is 7.02. The Balaban J connectivity index is 4.02. The Morgan fingerprint density at radius 2 is 2.27 bits per heavy atom. The van der Waals surface area contributed by atoms with Gasteiger partial charge in [0.15, 0.2) is 0 Å². The summed E-state index contributed by atoms with van der Waals surface area (Å²) in [6, 6.07) is 1.85. The average molecular weight is 211 g/mol. The van der Waals surface area contributed by atoms with Gasteiger partial charge in [0.1, 0.15) is 11.6 Å². The van der Waals surface area contributed by atoms with Gasteiger partial charge in [-0.25, -0.2) is 0 Å². The SMILES string of the molecule is COCCCNC(=O)/C(C#N)=C\N(C)C. The van der Waals surface area contributed by atoms with E-state index in [1.165, 1.54) is 6.20 Å². The first-order chi connectivity index (χ1) is 7.11. The van der Waals surface area contributed by atoms with Crippen molar-refractivity contribution in [1.29, 1.82) is 5.26 Å². The quantitative estimate of drug-likeness (QED) is 0.385. The third kappa shape index (κ3) is 6.52. The number of nitriles is 1. The van der Waals surface area contributed by atoms with Crippen LogP contribution in [-0.2, 0) is 9.53 Å². The van der Waals surface area contributed by atoms with E-state index >= 15 is 0 Å². The van der Waals surface area contributed by atoms with E-state index in [9.17, 15) is 4.79 Å². The van der Waals surface area contributed by atoms with E-state index in [4.69, 9.17) is 10.00 Å². The molecule has 0 spiro atoms. The Bertz CT molecular complexity index is 266. The predicted octanol–water partition coefficient (Wildman–Crippen LogP) is 0.108. The second-order valence-corrected chi connectivity index (χ2v) is 3.22. The molecular weight excluding hydrogens is 194 g/mol. The van der Waals surface area contributed by atoms with Gasteiger partial charge in [0.05, 0.1) is 0 Å². The van der Waals surface area contributed by atoms with Crippen molar-refractivity contribution in [3.05, 3.63) is 11.8 Å². The molecule has 0 aliphatic heterocycles. The van der Waals surface area contributed by atoms with Gasteiger partial charge in [-0.2, -0.15) is 5.26 Å². The van der Waals surface area contributed by atoms with Gasteiger partial charge in [0.2, 0.25) is 0 Å². The van der Waals surface area contributed by atoms with Crippen LogP contribution in [0.1, 0.15) is 6.42 Å². The Labute approximate surface area is 90.3 Å². The summed E-state index contributed by atoms with van der Waals surface area (Å²) in [5.41, 5.74) is 0.109. The molecule has 0 radical (unpaired) electrons. The highest BCUT2D eigenvalue weighted by Gasteiger charge is 2.07. The summed E-state index contributed by atoms with van der Waals surface area (Å²) in [6.45, 7) is 1.11. The van der Waals surface area contributed by atoms with Crippen molar-refractivity contribution >= 4 is 5.91 Å². The van der Waals surface area contributed by atoms with Gasteiger partial charge in [-0.05, 0) is 6.42 Å². The maximum absolute atomic E-state index is 11.4. The average Bonchev–Trinajstić information content (AvgIpc) is 2.20.